The third kappa shape index (κ3) is 2.56. The van der Waals surface area contributed by atoms with E-state index >= 15 is 0 Å². The Balaban J connectivity index is 1.78. The molecule has 0 radical (unpaired) electrons. The largest absolute Gasteiger partial charge is 0.0808 e. The zero-order valence-electron chi connectivity index (χ0n) is 12.9. The molecule has 3 unspecified atom stereocenters. The highest BCUT2D eigenvalue weighted by Gasteiger charge is 2.43. The van der Waals surface area contributed by atoms with Crippen LogP contribution in [0.2, 0.25) is 0 Å². The molecule has 0 heterocycles. The molecule has 0 aliphatic heterocycles. The van der Waals surface area contributed by atoms with Crippen molar-refractivity contribution in [3.05, 3.63) is 24.3 Å². The van der Waals surface area contributed by atoms with E-state index in [0.717, 1.165) is 41.4 Å². The summed E-state index contributed by atoms with van der Waals surface area (Å²) in [5.74, 6) is 6.51. The fraction of sp³-hybridized carbons (Fsp3) is 0.789. The fourth-order valence-electron chi connectivity index (χ4n) is 5.26. The summed E-state index contributed by atoms with van der Waals surface area (Å²) in [5, 5.41) is 0. The second-order valence-corrected chi connectivity index (χ2v) is 7.74. The van der Waals surface area contributed by atoms with Gasteiger partial charge in [-0.05, 0) is 67.1 Å². The van der Waals surface area contributed by atoms with E-state index in [-0.39, 0.29) is 0 Å². The van der Waals surface area contributed by atoms with E-state index in [1.54, 1.807) is 0 Å². The van der Waals surface area contributed by atoms with E-state index in [0.29, 0.717) is 0 Å². The van der Waals surface area contributed by atoms with Gasteiger partial charge >= 0.3 is 0 Å². The summed E-state index contributed by atoms with van der Waals surface area (Å²) in [4.78, 5) is 0. The fourth-order valence-corrected chi connectivity index (χ4v) is 5.26. The molecule has 19 heavy (non-hydrogen) atoms. The first-order valence-electron chi connectivity index (χ1n) is 8.51. The molecule has 0 nitrogen and oxygen atoms in total. The summed E-state index contributed by atoms with van der Waals surface area (Å²) in [5.41, 5.74) is 0. The molecule has 0 heteroatoms. The lowest BCUT2D eigenvalue weighted by atomic mass is 9.63. The maximum Gasteiger partial charge on any atom is -0.0136 e. The summed E-state index contributed by atoms with van der Waals surface area (Å²) >= 11 is 0. The Morgan fingerprint density at radius 2 is 1.68 bits per heavy atom. The Bertz CT molecular complexity index is 362. The van der Waals surface area contributed by atoms with Gasteiger partial charge in [0.05, 0.1) is 0 Å². The van der Waals surface area contributed by atoms with Crippen LogP contribution < -0.4 is 0 Å². The van der Waals surface area contributed by atoms with Crippen LogP contribution in [0, 0.1) is 41.4 Å². The van der Waals surface area contributed by atoms with E-state index < -0.39 is 0 Å². The Kier molecular flexibility index (Phi) is 3.87. The van der Waals surface area contributed by atoms with Gasteiger partial charge in [0.1, 0.15) is 0 Å². The van der Waals surface area contributed by atoms with Gasteiger partial charge < -0.3 is 0 Å². The predicted octanol–water partition coefficient (Wildman–Crippen LogP) is 5.46. The first kappa shape index (κ1) is 13.5. The molecule has 0 aromatic rings. The quantitative estimate of drug-likeness (QED) is 0.616. The number of fused-ring (bicyclic) bond motifs is 1. The molecule has 0 saturated heterocycles. The third-order valence-corrected chi connectivity index (χ3v) is 6.25. The van der Waals surface area contributed by atoms with Gasteiger partial charge in [0.25, 0.3) is 0 Å². The molecule has 0 amide bonds. The molecule has 2 saturated carbocycles. The normalized spacial score (nSPS) is 45.7. The van der Waals surface area contributed by atoms with Crippen LogP contribution >= 0.6 is 0 Å². The minimum atomic E-state index is 0.861. The van der Waals surface area contributed by atoms with Crippen molar-refractivity contribution in [2.75, 3.05) is 0 Å². The molecular weight excluding hydrogens is 228 g/mol. The molecule has 0 bridgehead atoms. The molecule has 3 aliphatic rings. The molecule has 0 aromatic carbocycles. The summed E-state index contributed by atoms with van der Waals surface area (Å²) in [6, 6.07) is 0. The number of allylic oxidation sites excluding steroid dienone is 4. The average Bonchev–Trinajstić information content (AvgIpc) is 2.82. The SMILES string of the molecule is CC(C)[C@@H]1CC[C@@H](C)C[C@@H]1C1CCC2C=CC=CC21. The standard InChI is InChI=1S/C19H30/c1-13(2)16-10-8-14(3)12-19(16)18-11-9-15-6-4-5-7-17(15)18/h4-7,13-19H,8-12H2,1-3H3/t14-,15?,16+,17?,18?,19+/m1/s1. The average molecular weight is 258 g/mol. The van der Waals surface area contributed by atoms with Crippen molar-refractivity contribution in [2.24, 2.45) is 41.4 Å². The third-order valence-electron chi connectivity index (χ3n) is 6.25. The van der Waals surface area contributed by atoms with Crippen molar-refractivity contribution in [1.82, 2.24) is 0 Å². The molecule has 0 spiro atoms. The van der Waals surface area contributed by atoms with Gasteiger partial charge in [0.15, 0.2) is 0 Å². The number of hydrogen-bond acceptors (Lipinski definition) is 0. The summed E-state index contributed by atoms with van der Waals surface area (Å²) in [7, 11) is 0. The predicted molar refractivity (Wildman–Crippen MR) is 82.8 cm³/mol. The highest BCUT2D eigenvalue weighted by molar-refractivity contribution is 5.18. The van der Waals surface area contributed by atoms with Gasteiger partial charge in [-0.1, -0.05) is 51.5 Å². The smallest absolute Gasteiger partial charge is 0.0136 e. The van der Waals surface area contributed by atoms with Gasteiger partial charge in [0.2, 0.25) is 0 Å². The molecule has 6 atom stereocenters. The topological polar surface area (TPSA) is 0 Å². The van der Waals surface area contributed by atoms with Gasteiger partial charge in [-0.15, -0.1) is 0 Å². The van der Waals surface area contributed by atoms with Gasteiger partial charge in [-0.2, -0.15) is 0 Å². The highest BCUT2D eigenvalue weighted by atomic mass is 14.5. The lowest BCUT2D eigenvalue weighted by Gasteiger charge is -2.42. The Morgan fingerprint density at radius 3 is 2.47 bits per heavy atom. The zero-order valence-corrected chi connectivity index (χ0v) is 12.9. The highest BCUT2D eigenvalue weighted by Crippen LogP contribution is 2.51. The summed E-state index contributed by atoms with van der Waals surface area (Å²) in [6.45, 7) is 7.39. The van der Waals surface area contributed by atoms with Gasteiger partial charge in [-0.25, -0.2) is 0 Å². The Hall–Kier alpha value is -0.520. The van der Waals surface area contributed by atoms with Crippen LogP contribution in [0.4, 0.5) is 0 Å². The van der Waals surface area contributed by atoms with E-state index in [9.17, 15) is 0 Å². The zero-order chi connectivity index (χ0) is 13.4. The van der Waals surface area contributed by atoms with Crippen LogP contribution in [0.25, 0.3) is 0 Å². The van der Waals surface area contributed by atoms with Crippen molar-refractivity contribution in [3.63, 3.8) is 0 Å². The van der Waals surface area contributed by atoms with Crippen LogP contribution in [0.1, 0.15) is 52.9 Å². The molecule has 3 rings (SSSR count). The molecule has 0 aromatic heterocycles. The number of rotatable bonds is 2. The molecular formula is C19H30. The molecule has 0 N–H and O–H groups in total. The van der Waals surface area contributed by atoms with Crippen LogP contribution in [-0.4, -0.2) is 0 Å². The van der Waals surface area contributed by atoms with E-state index in [1.807, 2.05) is 0 Å². The molecule has 3 aliphatic carbocycles. The van der Waals surface area contributed by atoms with Crippen molar-refractivity contribution in [1.29, 1.82) is 0 Å². The summed E-state index contributed by atoms with van der Waals surface area (Å²) < 4.78 is 0. The van der Waals surface area contributed by atoms with Gasteiger partial charge in [0, 0.05) is 0 Å². The minimum Gasteiger partial charge on any atom is -0.0808 e. The second kappa shape index (κ2) is 5.46. The van der Waals surface area contributed by atoms with Crippen LogP contribution in [0.3, 0.4) is 0 Å². The minimum absolute atomic E-state index is 0.861. The van der Waals surface area contributed by atoms with Crippen molar-refractivity contribution in [3.8, 4) is 0 Å². The number of hydrogen-bond donors (Lipinski definition) is 0. The van der Waals surface area contributed by atoms with Crippen molar-refractivity contribution >= 4 is 0 Å². The Morgan fingerprint density at radius 1 is 0.895 bits per heavy atom. The van der Waals surface area contributed by atoms with E-state index in [4.69, 9.17) is 0 Å². The van der Waals surface area contributed by atoms with Crippen LogP contribution in [-0.2, 0) is 0 Å². The van der Waals surface area contributed by atoms with Crippen molar-refractivity contribution < 1.29 is 0 Å². The van der Waals surface area contributed by atoms with Crippen LogP contribution in [0.5, 0.6) is 0 Å². The molecule has 2 fully saturated rings. The maximum absolute atomic E-state index is 2.53. The first-order chi connectivity index (χ1) is 9.16. The Labute approximate surface area is 119 Å². The monoisotopic (exact) mass is 258 g/mol. The second-order valence-electron chi connectivity index (χ2n) is 7.74. The van der Waals surface area contributed by atoms with E-state index in [2.05, 4.69) is 45.1 Å². The first-order valence-corrected chi connectivity index (χ1v) is 8.51. The van der Waals surface area contributed by atoms with Gasteiger partial charge in [-0.3, -0.25) is 0 Å². The summed E-state index contributed by atoms with van der Waals surface area (Å²) in [6.07, 6.45) is 16.9. The lowest BCUT2D eigenvalue weighted by Crippen LogP contribution is -2.35. The van der Waals surface area contributed by atoms with Crippen molar-refractivity contribution in [2.45, 2.75) is 52.9 Å². The maximum atomic E-state index is 2.53. The lowest BCUT2D eigenvalue weighted by molar-refractivity contribution is 0.0793. The van der Waals surface area contributed by atoms with E-state index in [1.165, 1.54) is 32.1 Å². The molecule has 106 valence electrons. The van der Waals surface area contributed by atoms with Crippen LogP contribution in [0.15, 0.2) is 24.3 Å².